The second kappa shape index (κ2) is 6.01. The summed E-state index contributed by atoms with van der Waals surface area (Å²) in [6.07, 6.45) is 2.95. The van der Waals surface area contributed by atoms with E-state index in [-0.39, 0.29) is 12.1 Å². The second-order valence-electron chi connectivity index (χ2n) is 4.59. The lowest BCUT2D eigenvalue weighted by Gasteiger charge is -2.11. The fraction of sp³-hybridized carbons (Fsp3) is 0.214. The predicted octanol–water partition coefficient (Wildman–Crippen LogP) is 1.91. The number of nitrogens with one attached hydrogen (secondary N) is 2. The smallest absolute Gasteiger partial charge is 0.319 e. The van der Waals surface area contributed by atoms with Gasteiger partial charge in [-0.1, -0.05) is 6.07 Å². The van der Waals surface area contributed by atoms with Crippen molar-refractivity contribution in [1.29, 1.82) is 0 Å². The third kappa shape index (κ3) is 3.44. The molecule has 0 bridgehead atoms. The van der Waals surface area contributed by atoms with Crippen LogP contribution in [-0.4, -0.2) is 17.1 Å². The Labute approximate surface area is 117 Å². The van der Waals surface area contributed by atoms with Gasteiger partial charge in [-0.2, -0.15) is 4.73 Å². The Balaban J connectivity index is 2.23. The maximum absolute atomic E-state index is 11.8. The highest BCUT2D eigenvalue weighted by Gasteiger charge is 2.12. The molecule has 6 heteroatoms. The molecule has 2 aromatic heterocycles. The number of amides is 2. The summed E-state index contributed by atoms with van der Waals surface area (Å²) in [4.78, 5) is 15.8. The third-order valence-electron chi connectivity index (χ3n) is 2.52. The molecule has 2 aromatic rings. The van der Waals surface area contributed by atoms with Gasteiger partial charge >= 0.3 is 6.03 Å². The van der Waals surface area contributed by atoms with E-state index in [1.54, 1.807) is 36.5 Å². The fourth-order valence-electron chi connectivity index (χ4n) is 1.70. The van der Waals surface area contributed by atoms with E-state index >= 15 is 0 Å². The monoisotopic (exact) mass is 272 g/mol. The molecule has 2 heterocycles. The van der Waals surface area contributed by atoms with Crippen LogP contribution in [0, 0.1) is 5.21 Å². The molecule has 0 radical (unpaired) electrons. The van der Waals surface area contributed by atoms with Crippen LogP contribution in [0.1, 0.15) is 13.8 Å². The average molecular weight is 272 g/mol. The number of carbonyl (C=O) groups is 1. The zero-order chi connectivity index (χ0) is 14.5. The van der Waals surface area contributed by atoms with Gasteiger partial charge in [0.05, 0.1) is 5.69 Å². The summed E-state index contributed by atoms with van der Waals surface area (Å²) in [7, 11) is 0. The Bertz CT molecular complexity index is 599. The van der Waals surface area contributed by atoms with Crippen LogP contribution in [0.5, 0.6) is 0 Å². The van der Waals surface area contributed by atoms with Gasteiger partial charge in [0.1, 0.15) is 5.69 Å². The number of nitrogens with zero attached hydrogens (tertiary/aromatic N) is 2. The maximum Gasteiger partial charge on any atom is 0.319 e. The molecule has 0 saturated heterocycles. The summed E-state index contributed by atoms with van der Waals surface area (Å²) in [5.74, 6) is 0. The van der Waals surface area contributed by atoms with Crippen LogP contribution in [0.4, 0.5) is 10.5 Å². The van der Waals surface area contributed by atoms with Gasteiger partial charge in [-0.05, 0) is 26.0 Å². The molecule has 0 aromatic carbocycles. The van der Waals surface area contributed by atoms with Gasteiger partial charge in [-0.15, -0.1) is 0 Å². The van der Waals surface area contributed by atoms with Crippen molar-refractivity contribution in [3.8, 4) is 11.4 Å². The minimum absolute atomic E-state index is 0.0402. The van der Waals surface area contributed by atoms with Crippen LogP contribution in [-0.2, 0) is 0 Å². The minimum atomic E-state index is -0.310. The highest BCUT2D eigenvalue weighted by atomic mass is 16.5. The van der Waals surface area contributed by atoms with E-state index in [1.807, 2.05) is 13.8 Å². The Morgan fingerprint density at radius 3 is 2.80 bits per heavy atom. The molecule has 2 N–H and O–H groups in total. The molecular weight excluding hydrogens is 256 g/mol. The number of urea groups is 1. The van der Waals surface area contributed by atoms with Crippen molar-refractivity contribution in [1.82, 2.24) is 10.3 Å². The first kappa shape index (κ1) is 13.8. The molecule has 0 atom stereocenters. The number of rotatable bonds is 3. The van der Waals surface area contributed by atoms with Gasteiger partial charge in [-0.3, -0.25) is 0 Å². The molecule has 0 unspecified atom stereocenters. The predicted molar refractivity (Wildman–Crippen MR) is 75.9 cm³/mol. The van der Waals surface area contributed by atoms with Crippen molar-refractivity contribution in [2.75, 3.05) is 5.32 Å². The molecule has 0 aliphatic rings. The van der Waals surface area contributed by atoms with E-state index in [2.05, 4.69) is 15.6 Å². The summed E-state index contributed by atoms with van der Waals surface area (Å²) in [6.45, 7) is 3.74. The minimum Gasteiger partial charge on any atom is -0.618 e. The molecule has 0 aliphatic heterocycles. The Hall–Kier alpha value is -2.63. The number of aromatic nitrogens is 2. The number of hydrogen-bond acceptors (Lipinski definition) is 3. The summed E-state index contributed by atoms with van der Waals surface area (Å²) in [6, 6.07) is 8.18. The van der Waals surface area contributed by atoms with E-state index in [0.29, 0.717) is 21.8 Å². The Morgan fingerprint density at radius 2 is 2.15 bits per heavy atom. The van der Waals surface area contributed by atoms with Gasteiger partial charge in [-0.25, -0.2) is 9.78 Å². The van der Waals surface area contributed by atoms with Crippen molar-refractivity contribution < 1.29 is 9.52 Å². The lowest BCUT2D eigenvalue weighted by atomic mass is 10.2. The molecule has 0 fully saturated rings. The lowest BCUT2D eigenvalue weighted by molar-refractivity contribution is -0.593. The van der Waals surface area contributed by atoms with E-state index in [9.17, 15) is 10.0 Å². The normalized spacial score (nSPS) is 10.3. The first-order valence-electron chi connectivity index (χ1n) is 6.28. The highest BCUT2D eigenvalue weighted by Crippen LogP contribution is 2.16. The van der Waals surface area contributed by atoms with Gasteiger partial charge in [0.25, 0.3) is 0 Å². The van der Waals surface area contributed by atoms with Gasteiger partial charge in [0.15, 0.2) is 6.20 Å². The molecule has 20 heavy (non-hydrogen) atoms. The highest BCUT2D eigenvalue weighted by molar-refractivity contribution is 5.89. The molecule has 2 amide bonds. The first-order chi connectivity index (χ1) is 9.56. The average Bonchev–Trinajstić information content (AvgIpc) is 2.41. The molecule has 2 rings (SSSR count). The second-order valence-corrected chi connectivity index (χ2v) is 4.59. The Morgan fingerprint density at radius 1 is 1.35 bits per heavy atom. The van der Waals surface area contributed by atoms with Crippen LogP contribution in [0.25, 0.3) is 11.4 Å². The van der Waals surface area contributed by atoms with E-state index in [0.717, 1.165) is 0 Å². The SMILES string of the molecule is CC(C)NC(=O)Nc1cc[n+]([O-])c(-c2ccccn2)c1. The molecule has 0 aliphatic carbocycles. The Kier molecular flexibility index (Phi) is 4.14. The van der Waals surface area contributed by atoms with E-state index < -0.39 is 0 Å². The van der Waals surface area contributed by atoms with Crippen LogP contribution < -0.4 is 15.4 Å². The van der Waals surface area contributed by atoms with Crippen molar-refractivity contribution in [2.24, 2.45) is 0 Å². The van der Waals surface area contributed by atoms with Crippen LogP contribution in [0.3, 0.4) is 0 Å². The maximum atomic E-state index is 11.8. The van der Waals surface area contributed by atoms with E-state index in [4.69, 9.17) is 0 Å². The molecule has 0 saturated carbocycles. The number of hydrogen-bond donors (Lipinski definition) is 2. The van der Waals surface area contributed by atoms with E-state index in [1.165, 1.54) is 6.20 Å². The van der Waals surface area contributed by atoms with Gasteiger partial charge in [0.2, 0.25) is 5.69 Å². The van der Waals surface area contributed by atoms with Crippen LogP contribution in [0.2, 0.25) is 0 Å². The number of anilines is 1. The van der Waals surface area contributed by atoms with Crippen molar-refractivity contribution in [3.63, 3.8) is 0 Å². The number of carbonyl (C=O) groups excluding carboxylic acids is 1. The molecular formula is C14H16N4O2. The third-order valence-corrected chi connectivity index (χ3v) is 2.52. The molecule has 104 valence electrons. The first-order valence-corrected chi connectivity index (χ1v) is 6.28. The van der Waals surface area contributed by atoms with Crippen LogP contribution in [0.15, 0.2) is 42.7 Å². The zero-order valence-electron chi connectivity index (χ0n) is 11.3. The fourth-order valence-corrected chi connectivity index (χ4v) is 1.70. The standard InChI is InChI=1S/C14H16N4O2/c1-10(2)16-14(19)17-11-6-8-18(20)13(9-11)12-5-3-4-7-15-12/h3-10H,1-2H3,(H2,16,17,19). The van der Waals surface area contributed by atoms with Crippen molar-refractivity contribution in [2.45, 2.75) is 19.9 Å². The molecule has 0 spiro atoms. The summed E-state index contributed by atoms with van der Waals surface area (Å²) < 4.78 is 0.716. The summed E-state index contributed by atoms with van der Waals surface area (Å²) in [5.41, 5.74) is 1.47. The van der Waals surface area contributed by atoms with Gasteiger partial charge < -0.3 is 15.8 Å². The van der Waals surface area contributed by atoms with Gasteiger partial charge in [0, 0.05) is 24.4 Å². The summed E-state index contributed by atoms with van der Waals surface area (Å²) in [5, 5.41) is 17.2. The van der Waals surface area contributed by atoms with Crippen molar-refractivity contribution >= 4 is 11.7 Å². The number of pyridine rings is 2. The summed E-state index contributed by atoms with van der Waals surface area (Å²) >= 11 is 0. The quantitative estimate of drug-likeness (QED) is 0.661. The largest absolute Gasteiger partial charge is 0.618 e. The molecule has 6 nitrogen and oxygen atoms in total. The zero-order valence-corrected chi connectivity index (χ0v) is 11.3. The lowest BCUT2D eigenvalue weighted by Crippen LogP contribution is -2.35. The van der Waals surface area contributed by atoms with Crippen LogP contribution >= 0.6 is 0 Å². The van der Waals surface area contributed by atoms with Crippen molar-refractivity contribution in [3.05, 3.63) is 47.9 Å². The topological polar surface area (TPSA) is 81.0 Å².